The lowest BCUT2D eigenvalue weighted by Gasteiger charge is -2.18. The van der Waals surface area contributed by atoms with Crippen LogP contribution in [0.5, 0.6) is 0 Å². The summed E-state index contributed by atoms with van der Waals surface area (Å²) in [6, 6.07) is 6.25. The van der Waals surface area contributed by atoms with Crippen molar-refractivity contribution in [1.29, 1.82) is 0 Å². The molecule has 25 heavy (non-hydrogen) atoms. The summed E-state index contributed by atoms with van der Waals surface area (Å²) in [5, 5.41) is 17.5. The molecule has 4 N–H and O–H groups in total. The number of nitro groups is 1. The summed E-state index contributed by atoms with van der Waals surface area (Å²) in [6.07, 6.45) is 3.40. The Morgan fingerprint density at radius 1 is 1.08 bits per heavy atom. The predicted molar refractivity (Wildman–Crippen MR) is 109 cm³/mol. The molecule has 7 nitrogen and oxygen atoms in total. The highest BCUT2D eigenvalue weighted by Crippen LogP contribution is 2.15. The van der Waals surface area contributed by atoms with Crippen molar-refractivity contribution in [3.05, 3.63) is 34.4 Å². The van der Waals surface area contributed by atoms with E-state index in [1.165, 1.54) is 18.6 Å². The van der Waals surface area contributed by atoms with E-state index in [0.29, 0.717) is 21.8 Å². The molecule has 0 aliphatic heterocycles. The summed E-state index contributed by atoms with van der Waals surface area (Å²) < 4.78 is 0. The Kier molecular flexibility index (Phi) is 9.07. The van der Waals surface area contributed by atoms with Gasteiger partial charge in [0.25, 0.3) is 5.69 Å². The van der Waals surface area contributed by atoms with E-state index in [9.17, 15) is 10.1 Å². The van der Waals surface area contributed by atoms with Crippen LogP contribution in [0.2, 0.25) is 0 Å². The van der Waals surface area contributed by atoms with Crippen LogP contribution >= 0.6 is 24.4 Å². The zero-order valence-electron chi connectivity index (χ0n) is 14.7. The maximum atomic E-state index is 10.6. The maximum Gasteiger partial charge on any atom is 0.269 e. The average Bonchev–Trinajstić information content (AvgIpc) is 2.53. The van der Waals surface area contributed by atoms with Crippen LogP contribution in [-0.4, -0.2) is 21.2 Å². The summed E-state index contributed by atoms with van der Waals surface area (Å²) in [6.45, 7) is 6.52. The molecule has 0 unspecified atom stereocenters. The second-order valence-electron chi connectivity index (χ2n) is 6.21. The van der Waals surface area contributed by atoms with Gasteiger partial charge in [-0.1, -0.05) is 26.7 Å². The van der Waals surface area contributed by atoms with Gasteiger partial charge in [0.2, 0.25) is 0 Å². The normalized spacial score (nSPS) is 11.5. The van der Waals surface area contributed by atoms with Gasteiger partial charge >= 0.3 is 0 Å². The van der Waals surface area contributed by atoms with Gasteiger partial charge in [0.05, 0.1) is 4.92 Å². The smallest absolute Gasteiger partial charge is 0.269 e. The van der Waals surface area contributed by atoms with Crippen molar-refractivity contribution in [3.8, 4) is 0 Å². The Morgan fingerprint density at radius 3 is 2.24 bits per heavy atom. The largest absolute Gasteiger partial charge is 0.359 e. The van der Waals surface area contributed by atoms with E-state index in [1.807, 2.05) is 0 Å². The molecule has 0 bridgehead atoms. The zero-order chi connectivity index (χ0) is 18.8. The van der Waals surface area contributed by atoms with Crippen molar-refractivity contribution in [1.82, 2.24) is 16.2 Å². The lowest BCUT2D eigenvalue weighted by atomic mass is 10.0. The lowest BCUT2D eigenvalue weighted by molar-refractivity contribution is -0.384. The van der Waals surface area contributed by atoms with Crippen molar-refractivity contribution in [2.45, 2.75) is 46.1 Å². The third-order valence-electron chi connectivity index (χ3n) is 3.42. The molecule has 0 heterocycles. The van der Waals surface area contributed by atoms with E-state index in [1.54, 1.807) is 12.1 Å². The fourth-order valence-electron chi connectivity index (χ4n) is 2.11. The number of hydrogen-bond acceptors (Lipinski definition) is 4. The number of anilines is 1. The van der Waals surface area contributed by atoms with Crippen LogP contribution in [0.25, 0.3) is 0 Å². The van der Waals surface area contributed by atoms with E-state index in [0.717, 1.165) is 12.8 Å². The molecular weight excluding hydrogens is 358 g/mol. The number of benzene rings is 1. The van der Waals surface area contributed by atoms with E-state index < -0.39 is 4.92 Å². The standard InChI is InChI=1S/C16H25N5O2S2/c1-11(2)5-4-6-12(3)17-15(24)19-20-16(25)18-13-7-9-14(10-8-13)21(22)23/h7-12H,4-6H2,1-3H3,(H2,17,19,24)(H2,18,20,25)/t12-/m0/s1. The highest BCUT2D eigenvalue weighted by molar-refractivity contribution is 7.80. The van der Waals surface area contributed by atoms with Gasteiger partial charge in [-0.3, -0.25) is 21.0 Å². The first-order chi connectivity index (χ1) is 11.8. The molecule has 1 atom stereocenters. The van der Waals surface area contributed by atoms with Gasteiger partial charge < -0.3 is 10.6 Å². The van der Waals surface area contributed by atoms with Gasteiger partial charge in [-0.25, -0.2) is 0 Å². The summed E-state index contributed by atoms with van der Waals surface area (Å²) in [4.78, 5) is 10.2. The highest BCUT2D eigenvalue weighted by atomic mass is 32.1. The molecule has 0 saturated heterocycles. The maximum absolute atomic E-state index is 10.6. The first kappa shape index (κ1) is 21.0. The number of hydrogen-bond donors (Lipinski definition) is 4. The third-order valence-corrected chi connectivity index (χ3v) is 3.85. The van der Waals surface area contributed by atoms with E-state index in [2.05, 4.69) is 42.3 Å². The summed E-state index contributed by atoms with van der Waals surface area (Å²) in [5.74, 6) is 0.710. The Labute approximate surface area is 159 Å². The number of hydrazine groups is 1. The van der Waals surface area contributed by atoms with Gasteiger partial charge in [-0.15, -0.1) is 0 Å². The Bertz CT molecular complexity index is 593. The summed E-state index contributed by atoms with van der Waals surface area (Å²) in [5.41, 5.74) is 6.27. The molecule has 0 radical (unpaired) electrons. The molecule has 0 aliphatic carbocycles. The van der Waals surface area contributed by atoms with Crippen LogP contribution in [0.4, 0.5) is 11.4 Å². The first-order valence-electron chi connectivity index (χ1n) is 8.16. The van der Waals surface area contributed by atoms with Gasteiger partial charge in [0.1, 0.15) is 0 Å². The van der Waals surface area contributed by atoms with Gasteiger partial charge in [-0.05, 0) is 55.8 Å². The highest BCUT2D eigenvalue weighted by Gasteiger charge is 2.07. The van der Waals surface area contributed by atoms with Crippen molar-refractivity contribution in [2.24, 2.45) is 5.92 Å². The molecular formula is C16H25N5O2S2. The topological polar surface area (TPSA) is 91.3 Å². The van der Waals surface area contributed by atoms with E-state index in [-0.39, 0.29) is 11.7 Å². The molecule has 0 aromatic heterocycles. The average molecular weight is 384 g/mol. The molecule has 9 heteroatoms. The monoisotopic (exact) mass is 383 g/mol. The molecule has 0 spiro atoms. The van der Waals surface area contributed by atoms with Crippen LogP contribution in [0.15, 0.2) is 24.3 Å². The molecule has 1 aromatic carbocycles. The number of rotatable bonds is 7. The Balaban J connectivity index is 2.28. The van der Waals surface area contributed by atoms with Crippen LogP contribution in [0.1, 0.15) is 40.0 Å². The fourth-order valence-corrected chi connectivity index (χ4v) is 2.53. The number of thiocarbonyl (C=S) groups is 2. The second-order valence-corrected chi connectivity index (χ2v) is 7.02. The first-order valence-corrected chi connectivity index (χ1v) is 8.97. The molecule has 0 saturated carbocycles. The zero-order valence-corrected chi connectivity index (χ0v) is 16.3. The minimum absolute atomic E-state index is 0.0272. The quantitative estimate of drug-likeness (QED) is 0.323. The molecule has 1 rings (SSSR count). The Hall–Kier alpha value is -2.00. The van der Waals surface area contributed by atoms with Crippen LogP contribution in [-0.2, 0) is 0 Å². The van der Waals surface area contributed by atoms with E-state index >= 15 is 0 Å². The van der Waals surface area contributed by atoms with Gasteiger partial charge in [-0.2, -0.15) is 0 Å². The molecule has 0 fully saturated rings. The number of nitrogens with zero attached hydrogens (tertiary/aromatic N) is 1. The number of nitro benzene ring substituents is 1. The lowest BCUT2D eigenvalue weighted by Crippen LogP contribution is -2.50. The van der Waals surface area contributed by atoms with Crippen molar-refractivity contribution < 1.29 is 4.92 Å². The van der Waals surface area contributed by atoms with Gasteiger partial charge in [0.15, 0.2) is 10.2 Å². The molecule has 0 amide bonds. The fraction of sp³-hybridized carbons (Fsp3) is 0.500. The predicted octanol–water partition coefficient (Wildman–Crippen LogP) is 3.48. The van der Waals surface area contributed by atoms with Crippen LogP contribution in [0, 0.1) is 16.0 Å². The summed E-state index contributed by atoms with van der Waals surface area (Å²) >= 11 is 10.4. The van der Waals surface area contributed by atoms with Gasteiger partial charge in [0, 0.05) is 23.9 Å². The minimum Gasteiger partial charge on any atom is -0.359 e. The Morgan fingerprint density at radius 2 is 1.68 bits per heavy atom. The van der Waals surface area contributed by atoms with Crippen molar-refractivity contribution >= 4 is 46.0 Å². The van der Waals surface area contributed by atoms with Crippen molar-refractivity contribution in [2.75, 3.05) is 5.32 Å². The molecule has 0 aliphatic rings. The van der Waals surface area contributed by atoms with Crippen molar-refractivity contribution in [3.63, 3.8) is 0 Å². The summed E-state index contributed by atoms with van der Waals surface area (Å²) in [7, 11) is 0. The second kappa shape index (κ2) is 10.8. The minimum atomic E-state index is -0.450. The third kappa shape index (κ3) is 9.16. The van der Waals surface area contributed by atoms with E-state index in [4.69, 9.17) is 24.4 Å². The number of non-ortho nitro benzene ring substituents is 1. The molecule has 1 aromatic rings. The van der Waals surface area contributed by atoms with Crippen LogP contribution in [0.3, 0.4) is 0 Å². The molecule has 138 valence electrons. The number of nitrogens with one attached hydrogen (secondary N) is 4. The van der Waals surface area contributed by atoms with Crippen LogP contribution < -0.4 is 21.5 Å². The SMILES string of the molecule is CC(C)CCC[C@H](C)NC(=S)NNC(=S)Nc1ccc([N+](=O)[O-])cc1.